The summed E-state index contributed by atoms with van der Waals surface area (Å²) in [6, 6.07) is 0. The van der Waals surface area contributed by atoms with Gasteiger partial charge < -0.3 is 9.53 Å². The molecule has 2 rings (SSSR count). The van der Waals surface area contributed by atoms with E-state index in [4.69, 9.17) is 16.3 Å². The summed E-state index contributed by atoms with van der Waals surface area (Å²) in [5, 5.41) is 0.491. The number of hydrogen-bond donors (Lipinski definition) is 0. The number of fused-ring (bicyclic) bond motifs is 1. The van der Waals surface area contributed by atoms with Crippen molar-refractivity contribution in [3.8, 4) is 5.75 Å². The van der Waals surface area contributed by atoms with Crippen LogP contribution in [0, 0.1) is 5.92 Å². The third-order valence-corrected chi connectivity index (χ3v) is 2.88. The highest BCUT2D eigenvalue weighted by Gasteiger charge is 2.26. The molecule has 1 aromatic rings. The topological polar surface area (TPSA) is 39.2 Å². The van der Waals surface area contributed by atoms with Crippen LogP contribution in [0.25, 0.3) is 0 Å². The third kappa shape index (κ3) is 1.38. The van der Waals surface area contributed by atoms with Crippen LogP contribution < -0.4 is 4.74 Å². The lowest BCUT2D eigenvalue weighted by Crippen LogP contribution is -1.99. The Bertz CT molecular complexity index is 379. The Kier molecular flexibility index (Phi) is 2.42. The maximum Gasteiger partial charge on any atom is 0.140 e. The molecule has 1 heterocycles. The molecule has 1 aliphatic carbocycles. The predicted octanol–water partition coefficient (Wildman–Crippen LogP) is 1.66. The SMILES string of the molecule is COc1cnc(Cl)c2c1CC(C=O)C2. The minimum atomic E-state index is 0.0283. The molecule has 1 atom stereocenters. The van der Waals surface area contributed by atoms with Crippen molar-refractivity contribution in [2.24, 2.45) is 5.92 Å². The van der Waals surface area contributed by atoms with Crippen molar-refractivity contribution in [3.63, 3.8) is 0 Å². The van der Waals surface area contributed by atoms with Gasteiger partial charge >= 0.3 is 0 Å². The molecule has 1 aliphatic rings. The van der Waals surface area contributed by atoms with E-state index in [2.05, 4.69) is 4.98 Å². The molecule has 1 unspecified atom stereocenters. The molecule has 3 nitrogen and oxygen atoms in total. The van der Waals surface area contributed by atoms with Crippen LogP contribution in [0.15, 0.2) is 6.20 Å². The van der Waals surface area contributed by atoms with Gasteiger partial charge in [-0.25, -0.2) is 4.98 Å². The number of hydrogen-bond acceptors (Lipinski definition) is 3. The number of halogens is 1. The summed E-state index contributed by atoms with van der Waals surface area (Å²) < 4.78 is 5.17. The molecule has 14 heavy (non-hydrogen) atoms. The van der Waals surface area contributed by atoms with Gasteiger partial charge in [-0.15, -0.1) is 0 Å². The molecular weight excluding hydrogens is 202 g/mol. The van der Waals surface area contributed by atoms with Crippen LogP contribution in [0.4, 0.5) is 0 Å². The molecule has 0 saturated heterocycles. The molecule has 0 spiro atoms. The van der Waals surface area contributed by atoms with E-state index in [1.165, 1.54) is 0 Å². The minimum absolute atomic E-state index is 0.0283. The second kappa shape index (κ2) is 3.58. The van der Waals surface area contributed by atoms with E-state index in [0.29, 0.717) is 18.0 Å². The van der Waals surface area contributed by atoms with Gasteiger partial charge in [0.05, 0.1) is 13.3 Å². The fourth-order valence-corrected chi connectivity index (χ4v) is 2.08. The van der Waals surface area contributed by atoms with Crippen molar-refractivity contribution in [3.05, 3.63) is 22.5 Å². The molecule has 0 aliphatic heterocycles. The molecule has 0 radical (unpaired) electrons. The van der Waals surface area contributed by atoms with E-state index < -0.39 is 0 Å². The largest absolute Gasteiger partial charge is 0.495 e. The van der Waals surface area contributed by atoms with Gasteiger partial charge in [0.15, 0.2) is 0 Å². The summed E-state index contributed by atoms with van der Waals surface area (Å²) in [7, 11) is 1.60. The van der Waals surface area contributed by atoms with Crippen LogP contribution >= 0.6 is 11.6 Å². The molecule has 0 N–H and O–H groups in total. The van der Waals surface area contributed by atoms with E-state index in [9.17, 15) is 4.79 Å². The predicted molar refractivity (Wildman–Crippen MR) is 52.8 cm³/mol. The number of carbonyl (C=O) groups excluding carboxylic acids is 1. The summed E-state index contributed by atoms with van der Waals surface area (Å²) in [6.07, 6.45) is 3.97. The van der Waals surface area contributed by atoms with Crippen LogP contribution in [0.3, 0.4) is 0 Å². The highest BCUT2D eigenvalue weighted by atomic mass is 35.5. The normalized spacial score (nSPS) is 19.1. The number of methoxy groups -OCH3 is 1. The fourth-order valence-electron chi connectivity index (χ4n) is 1.84. The van der Waals surface area contributed by atoms with Crippen molar-refractivity contribution in [1.29, 1.82) is 0 Å². The summed E-state index contributed by atoms with van der Waals surface area (Å²) in [5.74, 6) is 0.759. The van der Waals surface area contributed by atoms with E-state index in [1.807, 2.05) is 0 Å². The van der Waals surface area contributed by atoms with Crippen molar-refractivity contribution in [2.45, 2.75) is 12.8 Å². The number of carbonyl (C=O) groups is 1. The second-order valence-corrected chi connectivity index (χ2v) is 3.74. The van der Waals surface area contributed by atoms with Gasteiger partial charge in [0, 0.05) is 11.5 Å². The first-order valence-electron chi connectivity index (χ1n) is 4.41. The van der Waals surface area contributed by atoms with Gasteiger partial charge in [0.1, 0.15) is 17.2 Å². The zero-order valence-electron chi connectivity index (χ0n) is 7.79. The van der Waals surface area contributed by atoms with Gasteiger partial charge in [-0.1, -0.05) is 11.6 Å². The Balaban J connectivity index is 2.47. The fraction of sp³-hybridized carbons (Fsp3) is 0.400. The average Bonchev–Trinajstić information content (AvgIpc) is 2.63. The zero-order valence-corrected chi connectivity index (χ0v) is 8.54. The van der Waals surface area contributed by atoms with Gasteiger partial charge in [-0.3, -0.25) is 0 Å². The maximum atomic E-state index is 10.7. The summed E-state index contributed by atoms with van der Waals surface area (Å²) >= 11 is 5.94. The molecule has 0 bridgehead atoms. The number of ether oxygens (including phenoxy) is 1. The highest BCUT2D eigenvalue weighted by molar-refractivity contribution is 6.30. The molecular formula is C10H10ClNO2. The highest BCUT2D eigenvalue weighted by Crippen LogP contribution is 2.35. The van der Waals surface area contributed by atoms with E-state index in [1.54, 1.807) is 13.3 Å². The van der Waals surface area contributed by atoms with Crippen LogP contribution in [-0.2, 0) is 17.6 Å². The smallest absolute Gasteiger partial charge is 0.140 e. The van der Waals surface area contributed by atoms with Crippen LogP contribution in [-0.4, -0.2) is 18.4 Å². The van der Waals surface area contributed by atoms with Gasteiger partial charge in [-0.2, -0.15) is 0 Å². The van der Waals surface area contributed by atoms with Crippen molar-refractivity contribution in [1.82, 2.24) is 4.98 Å². The molecule has 4 heteroatoms. The third-order valence-electron chi connectivity index (χ3n) is 2.55. The molecule has 0 fully saturated rings. The summed E-state index contributed by atoms with van der Waals surface area (Å²) in [5.41, 5.74) is 1.99. The van der Waals surface area contributed by atoms with Crippen molar-refractivity contribution in [2.75, 3.05) is 7.11 Å². The lowest BCUT2D eigenvalue weighted by molar-refractivity contribution is -0.110. The first kappa shape index (κ1) is 9.46. The lowest BCUT2D eigenvalue weighted by atomic mass is 10.1. The van der Waals surface area contributed by atoms with Crippen LogP contribution in [0.5, 0.6) is 5.75 Å². The Morgan fingerprint density at radius 2 is 2.29 bits per heavy atom. The zero-order chi connectivity index (χ0) is 10.1. The number of aldehydes is 1. The quantitative estimate of drug-likeness (QED) is 0.552. The minimum Gasteiger partial charge on any atom is -0.495 e. The Hall–Kier alpha value is -1.09. The van der Waals surface area contributed by atoms with E-state index in [0.717, 1.165) is 23.2 Å². The number of aromatic nitrogens is 1. The molecule has 74 valence electrons. The van der Waals surface area contributed by atoms with Gasteiger partial charge in [0.2, 0.25) is 0 Å². The van der Waals surface area contributed by atoms with E-state index >= 15 is 0 Å². The first-order valence-corrected chi connectivity index (χ1v) is 4.79. The Morgan fingerprint density at radius 1 is 1.57 bits per heavy atom. The standard InChI is InChI=1S/C10H10ClNO2/c1-14-9-4-12-10(11)8-3-6(5-13)2-7(8)9/h4-6H,2-3H2,1H3. The summed E-state index contributed by atoms with van der Waals surface area (Å²) in [4.78, 5) is 14.7. The second-order valence-electron chi connectivity index (χ2n) is 3.38. The lowest BCUT2D eigenvalue weighted by Gasteiger charge is -2.06. The van der Waals surface area contributed by atoms with Crippen LogP contribution in [0.1, 0.15) is 11.1 Å². The molecule has 0 amide bonds. The molecule has 0 aromatic carbocycles. The summed E-state index contributed by atoms with van der Waals surface area (Å²) in [6.45, 7) is 0. The number of nitrogens with zero attached hydrogens (tertiary/aromatic N) is 1. The van der Waals surface area contributed by atoms with Crippen molar-refractivity contribution < 1.29 is 9.53 Å². The average molecular weight is 212 g/mol. The Morgan fingerprint density at radius 3 is 2.93 bits per heavy atom. The number of pyridine rings is 1. The molecule has 0 saturated carbocycles. The van der Waals surface area contributed by atoms with Gasteiger partial charge in [-0.05, 0) is 18.4 Å². The first-order chi connectivity index (χ1) is 6.76. The van der Waals surface area contributed by atoms with Crippen LogP contribution in [0.2, 0.25) is 5.15 Å². The number of rotatable bonds is 2. The van der Waals surface area contributed by atoms with Crippen molar-refractivity contribution >= 4 is 17.9 Å². The Labute approximate surface area is 87.0 Å². The van der Waals surface area contributed by atoms with Gasteiger partial charge in [0.25, 0.3) is 0 Å². The monoisotopic (exact) mass is 211 g/mol. The maximum absolute atomic E-state index is 10.7. The van der Waals surface area contributed by atoms with E-state index in [-0.39, 0.29) is 5.92 Å². The molecule has 1 aromatic heterocycles.